The van der Waals surface area contributed by atoms with Gasteiger partial charge >= 0.3 is 0 Å². The molecule has 4 aromatic rings. The number of Topliss-reactive ketones (excluding diaryl/α,β-unsaturated/α-hetero) is 1. The van der Waals surface area contributed by atoms with Crippen molar-refractivity contribution in [2.45, 2.75) is 33.8 Å². The predicted molar refractivity (Wildman–Crippen MR) is 107 cm³/mol. The second-order valence-corrected chi connectivity index (χ2v) is 7.26. The Morgan fingerprint density at radius 1 is 1.10 bits per heavy atom. The van der Waals surface area contributed by atoms with E-state index in [1.54, 1.807) is 13.8 Å². The number of halogens is 3. The molecular formula is C22H19F3N4O2. The Labute approximate surface area is 175 Å². The van der Waals surface area contributed by atoms with Crippen LogP contribution in [0.25, 0.3) is 5.65 Å². The molecule has 0 aliphatic carbocycles. The van der Waals surface area contributed by atoms with Crippen molar-refractivity contribution in [3.05, 3.63) is 81.8 Å². The van der Waals surface area contributed by atoms with Crippen LogP contribution in [-0.2, 0) is 13.0 Å². The minimum atomic E-state index is -0.770. The van der Waals surface area contributed by atoms with Crippen LogP contribution >= 0.6 is 0 Å². The van der Waals surface area contributed by atoms with Gasteiger partial charge in [-0.15, -0.1) is 0 Å². The first kappa shape index (κ1) is 20.6. The van der Waals surface area contributed by atoms with E-state index in [4.69, 9.17) is 4.74 Å². The molecule has 0 saturated carbocycles. The van der Waals surface area contributed by atoms with Crippen LogP contribution in [0.1, 0.15) is 38.7 Å². The first-order valence-electron chi connectivity index (χ1n) is 9.53. The number of imidazole rings is 1. The number of carbonyl (C=O) groups is 1. The molecule has 9 heteroatoms. The average Bonchev–Trinajstić information content (AvgIpc) is 3.20. The lowest BCUT2D eigenvalue weighted by atomic mass is 10.0. The van der Waals surface area contributed by atoms with Crippen LogP contribution in [-0.4, -0.2) is 25.4 Å². The predicted octanol–water partition coefficient (Wildman–Crippen LogP) is 4.40. The third kappa shape index (κ3) is 3.78. The number of aromatic amines is 1. The Morgan fingerprint density at radius 2 is 1.81 bits per heavy atom. The maximum Gasteiger partial charge on any atom is 0.185 e. The van der Waals surface area contributed by atoms with E-state index in [9.17, 15) is 18.0 Å². The zero-order valence-electron chi connectivity index (χ0n) is 17.1. The second-order valence-electron chi connectivity index (χ2n) is 7.26. The summed E-state index contributed by atoms with van der Waals surface area (Å²) in [7, 11) is 0. The number of aryl methyl sites for hydroxylation is 3. The molecule has 3 heterocycles. The van der Waals surface area contributed by atoms with Crippen molar-refractivity contribution in [3.63, 3.8) is 0 Å². The van der Waals surface area contributed by atoms with Crippen molar-refractivity contribution >= 4 is 11.4 Å². The fourth-order valence-electron chi connectivity index (χ4n) is 3.54. The molecule has 0 saturated heterocycles. The molecule has 0 radical (unpaired) electrons. The number of rotatable bonds is 6. The van der Waals surface area contributed by atoms with Crippen molar-refractivity contribution < 1.29 is 22.7 Å². The monoisotopic (exact) mass is 428 g/mol. The van der Waals surface area contributed by atoms with Crippen molar-refractivity contribution in [1.29, 1.82) is 0 Å². The first-order chi connectivity index (χ1) is 14.8. The lowest BCUT2D eigenvalue weighted by molar-refractivity contribution is 0.0986. The molecule has 4 rings (SSSR count). The normalized spacial score (nSPS) is 11.3. The molecule has 0 atom stereocenters. The number of H-pyrrole nitrogens is 1. The van der Waals surface area contributed by atoms with Gasteiger partial charge in [-0.1, -0.05) is 6.07 Å². The van der Waals surface area contributed by atoms with E-state index in [-0.39, 0.29) is 34.9 Å². The highest BCUT2D eigenvalue weighted by atomic mass is 19.1. The van der Waals surface area contributed by atoms with Gasteiger partial charge in [0.1, 0.15) is 29.8 Å². The summed E-state index contributed by atoms with van der Waals surface area (Å²) in [4.78, 5) is 17.4. The number of ether oxygens (including phenoxy) is 1. The Balaban J connectivity index is 1.71. The highest BCUT2D eigenvalue weighted by Gasteiger charge is 2.22. The minimum absolute atomic E-state index is 0.0273. The Hall–Kier alpha value is -3.62. The topological polar surface area (TPSA) is 72.3 Å². The quantitative estimate of drug-likeness (QED) is 0.462. The SMILES string of the molecule is Cc1n[nH]c(C)c1CC(=O)c1c(C)nc2c(OCc3c(F)cccc3F)cc(F)cn12. The van der Waals surface area contributed by atoms with Gasteiger partial charge in [-0.3, -0.25) is 14.3 Å². The molecule has 0 aliphatic rings. The molecule has 1 N–H and O–H groups in total. The summed E-state index contributed by atoms with van der Waals surface area (Å²) >= 11 is 0. The van der Waals surface area contributed by atoms with Crippen molar-refractivity contribution in [1.82, 2.24) is 19.6 Å². The van der Waals surface area contributed by atoms with Gasteiger partial charge in [0, 0.05) is 29.9 Å². The van der Waals surface area contributed by atoms with Crippen molar-refractivity contribution in [3.8, 4) is 5.75 Å². The molecule has 31 heavy (non-hydrogen) atoms. The van der Waals surface area contributed by atoms with Gasteiger partial charge in [-0.05, 0) is 32.9 Å². The molecule has 6 nitrogen and oxygen atoms in total. The fraction of sp³-hybridized carbons (Fsp3) is 0.227. The third-order valence-corrected chi connectivity index (χ3v) is 5.14. The first-order valence-corrected chi connectivity index (χ1v) is 9.53. The molecular weight excluding hydrogens is 409 g/mol. The lowest BCUT2D eigenvalue weighted by Gasteiger charge is -2.10. The average molecular weight is 428 g/mol. The zero-order valence-corrected chi connectivity index (χ0v) is 17.1. The zero-order chi connectivity index (χ0) is 22.3. The number of nitrogens with zero attached hydrogens (tertiary/aromatic N) is 3. The van der Waals surface area contributed by atoms with Gasteiger partial charge in [0.25, 0.3) is 0 Å². The van der Waals surface area contributed by atoms with E-state index in [1.165, 1.54) is 10.5 Å². The maximum absolute atomic E-state index is 14.3. The summed E-state index contributed by atoms with van der Waals surface area (Å²) in [6, 6.07) is 4.53. The molecule has 160 valence electrons. The van der Waals surface area contributed by atoms with Crippen LogP contribution < -0.4 is 4.74 Å². The number of pyridine rings is 1. The maximum atomic E-state index is 14.3. The van der Waals surface area contributed by atoms with Crippen LogP contribution in [0.3, 0.4) is 0 Å². The van der Waals surface area contributed by atoms with Crippen LogP contribution in [0.15, 0.2) is 30.5 Å². The van der Waals surface area contributed by atoms with Gasteiger partial charge in [-0.25, -0.2) is 18.2 Å². The van der Waals surface area contributed by atoms with Crippen molar-refractivity contribution in [2.75, 3.05) is 0 Å². The number of nitrogens with one attached hydrogen (secondary N) is 1. The number of aromatic nitrogens is 4. The van der Waals surface area contributed by atoms with E-state index in [0.717, 1.165) is 35.7 Å². The van der Waals surface area contributed by atoms with Crippen molar-refractivity contribution in [2.24, 2.45) is 0 Å². The van der Waals surface area contributed by atoms with E-state index in [0.29, 0.717) is 11.4 Å². The largest absolute Gasteiger partial charge is 0.485 e. The van der Waals surface area contributed by atoms with E-state index < -0.39 is 24.1 Å². The van der Waals surface area contributed by atoms with E-state index in [2.05, 4.69) is 15.2 Å². The molecule has 1 aromatic carbocycles. The van der Waals surface area contributed by atoms with Gasteiger partial charge in [0.05, 0.1) is 17.0 Å². The molecule has 0 spiro atoms. The second kappa shape index (κ2) is 7.90. The van der Waals surface area contributed by atoms with Gasteiger partial charge < -0.3 is 4.74 Å². The van der Waals surface area contributed by atoms with Gasteiger partial charge in [0.2, 0.25) is 0 Å². The molecule has 0 amide bonds. The van der Waals surface area contributed by atoms with Crippen LogP contribution in [0.5, 0.6) is 5.75 Å². The Morgan fingerprint density at radius 3 is 2.45 bits per heavy atom. The number of benzene rings is 1. The smallest absolute Gasteiger partial charge is 0.185 e. The lowest BCUT2D eigenvalue weighted by Crippen LogP contribution is -2.10. The summed E-state index contributed by atoms with van der Waals surface area (Å²) < 4.78 is 49.0. The Bertz CT molecular complexity index is 1270. The summed E-state index contributed by atoms with van der Waals surface area (Å²) in [5.41, 5.74) is 2.74. The summed E-state index contributed by atoms with van der Waals surface area (Å²) in [6.07, 6.45) is 1.20. The number of fused-ring (bicyclic) bond motifs is 1. The number of ketones is 1. The highest BCUT2D eigenvalue weighted by molar-refractivity contribution is 5.98. The Kier molecular flexibility index (Phi) is 5.26. The minimum Gasteiger partial charge on any atom is -0.485 e. The van der Waals surface area contributed by atoms with Crippen LogP contribution in [0.4, 0.5) is 13.2 Å². The standard InChI is InChI=1S/C22H19F3N4O2/c1-11-15(12(2)28-27-11)8-19(30)21-13(3)26-22-20(7-14(23)9-29(21)22)31-10-16-17(24)5-4-6-18(16)25/h4-7,9H,8,10H2,1-3H3,(H,27,28). The fourth-order valence-corrected chi connectivity index (χ4v) is 3.54. The molecule has 0 unspecified atom stereocenters. The number of hydrogen-bond donors (Lipinski definition) is 1. The summed E-state index contributed by atoms with van der Waals surface area (Å²) in [6.45, 7) is 4.78. The summed E-state index contributed by atoms with van der Waals surface area (Å²) in [5, 5.41) is 6.92. The third-order valence-electron chi connectivity index (χ3n) is 5.14. The molecule has 0 fully saturated rings. The van der Waals surface area contributed by atoms with E-state index in [1.807, 2.05) is 6.92 Å². The van der Waals surface area contributed by atoms with Gasteiger partial charge in [-0.2, -0.15) is 5.10 Å². The number of carbonyl (C=O) groups excluding carboxylic acids is 1. The molecule has 0 aliphatic heterocycles. The molecule has 3 aromatic heterocycles. The molecule has 0 bridgehead atoms. The van der Waals surface area contributed by atoms with E-state index >= 15 is 0 Å². The van der Waals surface area contributed by atoms with Crippen LogP contribution in [0.2, 0.25) is 0 Å². The summed E-state index contributed by atoms with van der Waals surface area (Å²) in [5.74, 6) is -2.52. The van der Waals surface area contributed by atoms with Gasteiger partial charge in [0.15, 0.2) is 17.2 Å². The highest BCUT2D eigenvalue weighted by Crippen LogP contribution is 2.26. The van der Waals surface area contributed by atoms with Crippen LogP contribution in [0, 0.1) is 38.2 Å². The number of hydrogen-bond acceptors (Lipinski definition) is 4.